The number of nitro benzene ring substituents is 1. The summed E-state index contributed by atoms with van der Waals surface area (Å²) in [5.41, 5.74) is -0.133. The van der Waals surface area contributed by atoms with E-state index in [1.165, 1.54) is 12.1 Å². The van der Waals surface area contributed by atoms with Gasteiger partial charge in [0.25, 0.3) is 11.6 Å². The fraction of sp³-hybridized carbons (Fsp3) is 0.455. The van der Waals surface area contributed by atoms with Gasteiger partial charge in [-0.3, -0.25) is 10.1 Å². The number of nitrogens with one attached hydrogen (secondary N) is 1. The molecule has 0 aromatic heterocycles. The minimum Gasteiger partial charge on any atom is -0.494 e. The van der Waals surface area contributed by atoms with Crippen molar-refractivity contribution in [2.75, 3.05) is 25.1 Å². The van der Waals surface area contributed by atoms with Gasteiger partial charge in [-0.2, -0.15) is 0 Å². The van der Waals surface area contributed by atoms with Gasteiger partial charge in [0.15, 0.2) is 0 Å². The molecule has 2 N–H and O–H groups in total. The molecule has 8 heteroatoms. The molecule has 0 aliphatic heterocycles. The van der Waals surface area contributed by atoms with Crippen LogP contribution >= 0.6 is 0 Å². The Kier molecular flexibility index (Phi) is 4.99. The highest BCUT2D eigenvalue weighted by atomic mass is 19.3. The highest BCUT2D eigenvalue weighted by Gasteiger charge is 2.27. The predicted molar refractivity (Wildman–Crippen MR) is 64.8 cm³/mol. The van der Waals surface area contributed by atoms with Gasteiger partial charge < -0.3 is 15.2 Å². The molecule has 0 spiro atoms. The summed E-state index contributed by atoms with van der Waals surface area (Å²) < 4.78 is 30.9. The van der Waals surface area contributed by atoms with Gasteiger partial charge in [-0.1, -0.05) is 0 Å². The molecule has 0 amide bonds. The van der Waals surface area contributed by atoms with Crippen LogP contribution in [0.4, 0.5) is 20.2 Å². The first-order valence-electron chi connectivity index (χ1n) is 5.53. The van der Waals surface area contributed by atoms with Crippen LogP contribution < -0.4 is 10.1 Å². The number of hydrogen-bond donors (Lipinski definition) is 2. The molecule has 0 atom stereocenters. The zero-order valence-electron chi connectivity index (χ0n) is 10.2. The SMILES string of the molecule is CCOc1cc(NCC(F)(F)CO)cc([N+](=O)[O-])c1. The van der Waals surface area contributed by atoms with Crippen LogP contribution in [0.2, 0.25) is 0 Å². The molecule has 0 aliphatic rings. The number of hydrogen-bond acceptors (Lipinski definition) is 5. The van der Waals surface area contributed by atoms with E-state index >= 15 is 0 Å². The third-order valence-corrected chi connectivity index (χ3v) is 2.20. The van der Waals surface area contributed by atoms with Gasteiger partial charge in [0.2, 0.25) is 0 Å². The first-order valence-corrected chi connectivity index (χ1v) is 5.53. The Labute approximate surface area is 108 Å². The zero-order valence-corrected chi connectivity index (χ0v) is 10.2. The second kappa shape index (κ2) is 6.28. The fourth-order valence-corrected chi connectivity index (χ4v) is 1.33. The molecule has 6 nitrogen and oxygen atoms in total. The van der Waals surface area contributed by atoms with Gasteiger partial charge in [0, 0.05) is 17.8 Å². The molecule has 0 unspecified atom stereocenters. The van der Waals surface area contributed by atoms with Crippen molar-refractivity contribution in [3.05, 3.63) is 28.3 Å². The topological polar surface area (TPSA) is 84.6 Å². The Bertz CT molecular complexity index is 454. The number of nitrogens with zero attached hydrogens (tertiary/aromatic N) is 1. The van der Waals surface area contributed by atoms with E-state index in [9.17, 15) is 18.9 Å². The lowest BCUT2D eigenvalue weighted by molar-refractivity contribution is -0.384. The van der Waals surface area contributed by atoms with E-state index in [1.807, 2.05) is 0 Å². The highest BCUT2D eigenvalue weighted by Crippen LogP contribution is 2.26. The van der Waals surface area contributed by atoms with Gasteiger partial charge in [0.05, 0.1) is 24.1 Å². The number of non-ortho nitro benzene ring substituents is 1. The van der Waals surface area contributed by atoms with Gasteiger partial charge >= 0.3 is 0 Å². The molecular formula is C11H14F2N2O4. The fourth-order valence-electron chi connectivity index (χ4n) is 1.33. The summed E-state index contributed by atoms with van der Waals surface area (Å²) in [6.45, 7) is -0.122. The Balaban J connectivity index is 2.90. The van der Waals surface area contributed by atoms with Crippen LogP contribution in [0, 0.1) is 10.1 Å². The number of nitro groups is 1. The maximum Gasteiger partial charge on any atom is 0.287 e. The summed E-state index contributed by atoms with van der Waals surface area (Å²) in [6, 6.07) is 3.71. The number of benzene rings is 1. The smallest absolute Gasteiger partial charge is 0.287 e. The molecule has 0 bridgehead atoms. The molecule has 0 radical (unpaired) electrons. The van der Waals surface area contributed by atoms with Crippen LogP contribution in [0.1, 0.15) is 6.92 Å². The maximum absolute atomic E-state index is 12.9. The number of rotatable bonds is 7. The number of alkyl halides is 2. The summed E-state index contributed by atoms with van der Waals surface area (Å²) >= 11 is 0. The quantitative estimate of drug-likeness (QED) is 0.588. The normalized spacial score (nSPS) is 11.2. The van der Waals surface area contributed by atoms with Crippen LogP contribution in [0.5, 0.6) is 5.75 Å². The van der Waals surface area contributed by atoms with Crippen LogP contribution in [0.25, 0.3) is 0 Å². The number of ether oxygens (including phenoxy) is 1. The van der Waals surface area contributed by atoms with E-state index in [0.29, 0.717) is 6.61 Å². The van der Waals surface area contributed by atoms with Crippen molar-refractivity contribution in [1.29, 1.82) is 0 Å². The molecule has 0 aliphatic carbocycles. The monoisotopic (exact) mass is 276 g/mol. The van der Waals surface area contributed by atoms with Gasteiger partial charge in [-0.15, -0.1) is 0 Å². The van der Waals surface area contributed by atoms with Crippen LogP contribution in [-0.2, 0) is 0 Å². The average Bonchev–Trinajstić information content (AvgIpc) is 2.37. The zero-order chi connectivity index (χ0) is 14.5. The molecule has 0 saturated heterocycles. The van der Waals surface area contributed by atoms with Crippen molar-refractivity contribution in [3.63, 3.8) is 0 Å². The van der Waals surface area contributed by atoms with Crippen LogP contribution in [-0.4, -0.2) is 35.7 Å². The molecule has 19 heavy (non-hydrogen) atoms. The van der Waals surface area contributed by atoms with Crippen LogP contribution in [0.3, 0.4) is 0 Å². The lowest BCUT2D eigenvalue weighted by atomic mass is 10.2. The molecule has 1 rings (SSSR count). The summed E-state index contributed by atoms with van der Waals surface area (Å²) in [5, 5.41) is 21.5. The minimum absolute atomic E-state index is 0.130. The number of anilines is 1. The first-order chi connectivity index (χ1) is 8.88. The summed E-state index contributed by atoms with van der Waals surface area (Å²) in [5.74, 6) is -3.08. The van der Waals surface area contributed by atoms with E-state index in [1.54, 1.807) is 6.92 Å². The van der Waals surface area contributed by atoms with Crippen molar-refractivity contribution in [1.82, 2.24) is 0 Å². The van der Waals surface area contributed by atoms with E-state index in [4.69, 9.17) is 9.84 Å². The van der Waals surface area contributed by atoms with Gasteiger partial charge in [-0.05, 0) is 6.92 Å². The van der Waals surface area contributed by atoms with E-state index in [0.717, 1.165) is 6.07 Å². The summed E-state index contributed by atoms with van der Waals surface area (Å²) in [7, 11) is 0. The van der Waals surface area contributed by atoms with Crippen molar-refractivity contribution < 1.29 is 23.5 Å². The lowest BCUT2D eigenvalue weighted by Gasteiger charge is -2.15. The highest BCUT2D eigenvalue weighted by molar-refractivity contribution is 5.56. The van der Waals surface area contributed by atoms with Crippen molar-refractivity contribution in [2.24, 2.45) is 0 Å². The summed E-state index contributed by atoms with van der Waals surface area (Å²) in [4.78, 5) is 10.1. The first kappa shape index (κ1) is 15.1. The van der Waals surface area contributed by atoms with E-state index in [2.05, 4.69) is 5.32 Å². The molecule has 0 fully saturated rings. The Hall–Kier alpha value is -1.96. The Morgan fingerprint density at radius 1 is 1.47 bits per heavy atom. The van der Waals surface area contributed by atoms with Crippen molar-refractivity contribution >= 4 is 11.4 Å². The molecule has 1 aromatic rings. The van der Waals surface area contributed by atoms with E-state index < -0.39 is 24.0 Å². The molecule has 106 valence electrons. The average molecular weight is 276 g/mol. The third-order valence-electron chi connectivity index (χ3n) is 2.20. The second-order valence-corrected chi connectivity index (χ2v) is 3.77. The number of aliphatic hydroxyl groups is 1. The molecule has 0 saturated carbocycles. The number of halogens is 2. The minimum atomic E-state index is -3.30. The largest absolute Gasteiger partial charge is 0.494 e. The summed E-state index contributed by atoms with van der Waals surface area (Å²) in [6.07, 6.45) is 0. The van der Waals surface area contributed by atoms with Crippen LogP contribution in [0.15, 0.2) is 18.2 Å². The molecule has 1 aromatic carbocycles. The third kappa shape index (κ3) is 4.66. The molecule has 0 heterocycles. The van der Waals surface area contributed by atoms with E-state index in [-0.39, 0.29) is 17.1 Å². The van der Waals surface area contributed by atoms with Crippen molar-refractivity contribution in [3.8, 4) is 5.75 Å². The van der Waals surface area contributed by atoms with Gasteiger partial charge in [0.1, 0.15) is 12.4 Å². The van der Waals surface area contributed by atoms with Crippen molar-refractivity contribution in [2.45, 2.75) is 12.8 Å². The Morgan fingerprint density at radius 2 is 2.16 bits per heavy atom. The standard InChI is InChI=1S/C11H14F2N2O4/c1-2-19-10-4-8(3-9(5-10)15(17)18)14-6-11(12,13)7-16/h3-5,14,16H,2,6-7H2,1H3. The number of aliphatic hydroxyl groups excluding tert-OH is 1. The Morgan fingerprint density at radius 3 is 2.68 bits per heavy atom. The molecular weight excluding hydrogens is 262 g/mol. The second-order valence-electron chi connectivity index (χ2n) is 3.77. The lowest BCUT2D eigenvalue weighted by Crippen LogP contribution is -2.31. The maximum atomic E-state index is 12.9. The van der Waals surface area contributed by atoms with Gasteiger partial charge in [-0.25, -0.2) is 8.78 Å². The predicted octanol–water partition coefficient (Wildman–Crippen LogP) is 2.03.